The Balaban J connectivity index is 1.37. The van der Waals surface area contributed by atoms with Crippen LogP contribution in [0.5, 0.6) is 0 Å². The maximum atomic E-state index is 12.2. The Hall–Kier alpha value is -4.01. The number of rotatable bonds is 7. The molecule has 30 heavy (non-hydrogen) atoms. The van der Waals surface area contributed by atoms with Gasteiger partial charge in [-0.3, -0.25) is 14.9 Å². The quantitative estimate of drug-likeness (QED) is 0.253. The number of nitrogens with zero attached hydrogens (tertiary/aromatic N) is 3. The molecule has 0 unspecified atom stereocenters. The number of carbonyl (C=O) groups is 1. The second kappa shape index (κ2) is 8.16. The molecular formula is C21H17N3O6. The van der Waals surface area contributed by atoms with Crippen LogP contribution in [0.3, 0.4) is 0 Å². The Kier molecular flexibility index (Phi) is 5.25. The predicted molar refractivity (Wildman–Crippen MR) is 105 cm³/mol. The van der Waals surface area contributed by atoms with Crippen molar-refractivity contribution in [2.24, 2.45) is 0 Å². The van der Waals surface area contributed by atoms with E-state index in [0.29, 0.717) is 5.56 Å². The van der Waals surface area contributed by atoms with Crippen molar-refractivity contribution in [3.8, 4) is 11.5 Å². The highest BCUT2D eigenvalue weighted by Crippen LogP contribution is 2.24. The first-order chi connectivity index (χ1) is 14.5. The molecule has 152 valence electrons. The molecule has 0 atom stereocenters. The van der Waals surface area contributed by atoms with Gasteiger partial charge in [0, 0.05) is 28.6 Å². The van der Waals surface area contributed by atoms with Crippen LogP contribution >= 0.6 is 0 Å². The van der Waals surface area contributed by atoms with Crippen LogP contribution in [0, 0.1) is 10.1 Å². The van der Waals surface area contributed by atoms with E-state index in [1.165, 1.54) is 24.3 Å². The number of ether oxygens (including phenoxy) is 1. The van der Waals surface area contributed by atoms with Crippen LogP contribution in [-0.2, 0) is 29.0 Å². The van der Waals surface area contributed by atoms with E-state index in [-0.39, 0.29) is 30.5 Å². The molecule has 0 bridgehead atoms. The summed E-state index contributed by atoms with van der Waals surface area (Å²) in [5.41, 5.74) is 3.13. The molecule has 0 fully saturated rings. The molecular weight excluding hydrogens is 390 g/mol. The number of aryl methyl sites for hydroxylation is 1. The second-order valence-corrected chi connectivity index (χ2v) is 6.59. The summed E-state index contributed by atoms with van der Waals surface area (Å²) >= 11 is 0. The molecule has 0 aliphatic heterocycles. The number of nitro groups is 1. The van der Waals surface area contributed by atoms with Crippen LogP contribution in [0.2, 0.25) is 0 Å². The number of hydrogen-bond donors (Lipinski definition) is 0. The molecule has 0 spiro atoms. The Morgan fingerprint density at radius 3 is 2.70 bits per heavy atom. The molecule has 0 saturated carbocycles. The van der Waals surface area contributed by atoms with Crippen LogP contribution in [0.15, 0.2) is 57.6 Å². The third kappa shape index (κ3) is 4.04. The highest BCUT2D eigenvalue weighted by Gasteiger charge is 2.15. The summed E-state index contributed by atoms with van der Waals surface area (Å²) in [6.07, 6.45) is 2.52. The molecule has 4 rings (SSSR count). The number of hydrogen-bond acceptors (Lipinski definition) is 8. The topological polar surface area (TPSA) is 122 Å². The van der Waals surface area contributed by atoms with Gasteiger partial charge in [-0.25, -0.2) is 0 Å². The molecule has 2 aromatic heterocycles. The lowest BCUT2D eigenvalue weighted by Gasteiger charge is -2.01. The third-order valence-corrected chi connectivity index (χ3v) is 4.61. The van der Waals surface area contributed by atoms with E-state index in [1.807, 2.05) is 18.2 Å². The van der Waals surface area contributed by atoms with Gasteiger partial charge in [0.2, 0.25) is 5.89 Å². The van der Waals surface area contributed by atoms with Crippen LogP contribution in [0.1, 0.15) is 23.9 Å². The zero-order valence-corrected chi connectivity index (χ0v) is 16.0. The van der Waals surface area contributed by atoms with E-state index in [2.05, 4.69) is 17.1 Å². The van der Waals surface area contributed by atoms with Gasteiger partial charge in [-0.1, -0.05) is 19.1 Å². The van der Waals surface area contributed by atoms with Gasteiger partial charge in [0.15, 0.2) is 6.61 Å². The molecule has 4 aromatic rings. The number of benzene rings is 2. The standard InChI is InChI=1S/C21H17N3O6/c1-2-13-3-8-17-15(11-28-18(17)9-13)10-20(25)29-12-19-22-23-21(30-19)14-4-6-16(7-5-14)24(26)27/h3-9,11H,2,10,12H2,1H3. The monoisotopic (exact) mass is 407 g/mol. The molecule has 0 N–H and O–H groups in total. The van der Waals surface area contributed by atoms with Crippen molar-refractivity contribution in [3.63, 3.8) is 0 Å². The van der Waals surface area contributed by atoms with E-state index in [1.54, 1.807) is 6.26 Å². The van der Waals surface area contributed by atoms with Crippen LogP contribution in [0.4, 0.5) is 5.69 Å². The number of fused-ring (bicyclic) bond motifs is 1. The van der Waals surface area contributed by atoms with E-state index >= 15 is 0 Å². The summed E-state index contributed by atoms with van der Waals surface area (Å²) in [5.74, 6) is -0.141. The molecule has 0 aliphatic rings. The minimum Gasteiger partial charge on any atom is -0.464 e. The zero-order chi connectivity index (χ0) is 21.1. The summed E-state index contributed by atoms with van der Waals surface area (Å²) in [6.45, 7) is 1.89. The Bertz CT molecular complexity index is 1210. The second-order valence-electron chi connectivity index (χ2n) is 6.59. The number of esters is 1. The van der Waals surface area contributed by atoms with E-state index in [4.69, 9.17) is 13.6 Å². The minimum atomic E-state index is -0.492. The van der Waals surface area contributed by atoms with E-state index in [0.717, 1.165) is 28.5 Å². The molecule has 0 radical (unpaired) electrons. The van der Waals surface area contributed by atoms with Crippen LogP contribution in [-0.4, -0.2) is 21.1 Å². The van der Waals surface area contributed by atoms with Crippen LogP contribution in [0.25, 0.3) is 22.4 Å². The fourth-order valence-electron chi connectivity index (χ4n) is 2.99. The van der Waals surface area contributed by atoms with Crippen molar-refractivity contribution in [2.45, 2.75) is 26.4 Å². The van der Waals surface area contributed by atoms with Gasteiger partial charge in [-0.2, -0.15) is 0 Å². The molecule has 0 amide bonds. The maximum Gasteiger partial charge on any atom is 0.310 e. The van der Waals surface area contributed by atoms with Crippen molar-refractivity contribution in [1.82, 2.24) is 10.2 Å². The fourth-order valence-corrected chi connectivity index (χ4v) is 2.99. The third-order valence-electron chi connectivity index (χ3n) is 4.61. The molecule has 9 nitrogen and oxygen atoms in total. The van der Waals surface area contributed by atoms with E-state index < -0.39 is 10.9 Å². The highest BCUT2D eigenvalue weighted by molar-refractivity contribution is 5.86. The lowest BCUT2D eigenvalue weighted by molar-refractivity contribution is -0.384. The Morgan fingerprint density at radius 2 is 1.97 bits per heavy atom. The average molecular weight is 407 g/mol. The number of furan rings is 1. The van der Waals surface area contributed by atoms with Gasteiger partial charge >= 0.3 is 5.97 Å². The average Bonchev–Trinajstić information content (AvgIpc) is 3.39. The SMILES string of the molecule is CCc1ccc2c(CC(=O)OCc3nnc(-c4ccc([N+](=O)[O-])cc4)o3)coc2c1. The van der Waals surface area contributed by atoms with Crippen molar-refractivity contribution in [2.75, 3.05) is 0 Å². The molecule has 2 heterocycles. The highest BCUT2D eigenvalue weighted by atomic mass is 16.6. The number of carbonyl (C=O) groups excluding carboxylic acids is 1. The number of nitro benzene ring substituents is 1. The van der Waals surface area contributed by atoms with Gasteiger partial charge in [0.05, 0.1) is 17.6 Å². The smallest absolute Gasteiger partial charge is 0.310 e. The van der Waals surface area contributed by atoms with Crippen molar-refractivity contribution in [1.29, 1.82) is 0 Å². The van der Waals surface area contributed by atoms with Crippen molar-refractivity contribution >= 4 is 22.6 Å². The summed E-state index contributed by atoms with van der Waals surface area (Å²) < 4.78 is 16.2. The molecule has 2 aromatic carbocycles. The predicted octanol–water partition coefficient (Wildman–Crippen LogP) is 4.24. The summed E-state index contributed by atoms with van der Waals surface area (Å²) in [6, 6.07) is 11.6. The normalized spacial score (nSPS) is 11.0. The number of aromatic nitrogens is 2. The summed E-state index contributed by atoms with van der Waals surface area (Å²) in [5, 5.41) is 19.3. The molecule has 0 saturated heterocycles. The Labute approximate surface area is 170 Å². The first-order valence-corrected chi connectivity index (χ1v) is 9.25. The summed E-state index contributed by atoms with van der Waals surface area (Å²) in [7, 11) is 0. The first-order valence-electron chi connectivity index (χ1n) is 9.25. The molecule has 0 aliphatic carbocycles. The fraction of sp³-hybridized carbons (Fsp3) is 0.190. The van der Waals surface area contributed by atoms with Gasteiger partial charge in [0.25, 0.3) is 11.6 Å². The van der Waals surface area contributed by atoms with Gasteiger partial charge < -0.3 is 13.6 Å². The molecule has 9 heteroatoms. The maximum absolute atomic E-state index is 12.2. The minimum absolute atomic E-state index is 0.0369. The number of non-ortho nitro benzene ring substituents is 1. The lowest BCUT2D eigenvalue weighted by atomic mass is 10.1. The first kappa shape index (κ1) is 19.3. The van der Waals surface area contributed by atoms with Crippen molar-refractivity contribution < 1.29 is 23.3 Å². The summed E-state index contributed by atoms with van der Waals surface area (Å²) in [4.78, 5) is 22.4. The largest absolute Gasteiger partial charge is 0.464 e. The van der Waals surface area contributed by atoms with Gasteiger partial charge in [0.1, 0.15) is 5.58 Å². The van der Waals surface area contributed by atoms with Gasteiger partial charge in [-0.15, -0.1) is 10.2 Å². The van der Waals surface area contributed by atoms with Crippen molar-refractivity contribution in [3.05, 3.63) is 75.9 Å². The van der Waals surface area contributed by atoms with Gasteiger partial charge in [-0.05, 0) is 30.2 Å². The lowest BCUT2D eigenvalue weighted by Crippen LogP contribution is -2.07. The van der Waals surface area contributed by atoms with E-state index in [9.17, 15) is 14.9 Å². The zero-order valence-electron chi connectivity index (χ0n) is 16.0. The Morgan fingerprint density at radius 1 is 1.17 bits per heavy atom. The van der Waals surface area contributed by atoms with Crippen LogP contribution < -0.4 is 0 Å².